The summed E-state index contributed by atoms with van der Waals surface area (Å²) in [6.45, 7) is 12.2. The molecule has 3 heteroatoms. The third-order valence-electron chi connectivity index (χ3n) is 5.57. The van der Waals surface area contributed by atoms with Crippen molar-refractivity contribution in [2.45, 2.75) is 65.6 Å². The minimum atomic E-state index is -0.361. The maximum Gasteiger partial charge on any atom is 0.302 e. The number of ether oxygens (including phenoxy) is 1. The maximum absolute atomic E-state index is 11.4. The summed E-state index contributed by atoms with van der Waals surface area (Å²) in [5, 5.41) is 10.8. The van der Waals surface area contributed by atoms with Gasteiger partial charge in [-0.2, -0.15) is 0 Å². The van der Waals surface area contributed by atoms with Gasteiger partial charge in [0.25, 0.3) is 0 Å². The van der Waals surface area contributed by atoms with E-state index in [4.69, 9.17) is 4.74 Å². The maximum atomic E-state index is 11.4. The summed E-state index contributed by atoms with van der Waals surface area (Å²) in [6, 6.07) is 0. The Morgan fingerprint density at radius 2 is 2.10 bits per heavy atom. The van der Waals surface area contributed by atoms with Crippen LogP contribution in [0.3, 0.4) is 0 Å². The molecule has 2 aliphatic rings. The van der Waals surface area contributed by atoms with Crippen molar-refractivity contribution in [3.63, 3.8) is 0 Å². The molecule has 0 amide bonds. The van der Waals surface area contributed by atoms with Gasteiger partial charge < -0.3 is 9.84 Å². The van der Waals surface area contributed by atoms with E-state index in [1.54, 1.807) is 0 Å². The smallest absolute Gasteiger partial charge is 0.302 e. The van der Waals surface area contributed by atoms with Crippen LogP contribution in [0.1, 0.15) is 53.4 Å². The first-order chi connectivity index (χ1) is 9.27. The van der Waals surface area contributed by atoms with E-state index >= 15 is 0 Å². The molecular weight excluding hydrogens is 252 g/mol. The highest BCUT2D eigenvalue weighted by Gasteiger charge is 2.54. The molecule has 0 aromatic carbocycles. The van der Waals surface area contributed by atoms with E-state index < -0.39 is 0 Å². The highest BCUT2D eigenvalue weighted by Crippen LogP contribution is 2.55. The Morgan fingerprint density at radius 1 is 1.45 bits per heavy atom. The number of hydrogen-bond donors (Lipinski definition) is 1. The lowest BCUT2D eigenvalue weighted by Crippen LogP contribution is -2.55. The van der Waals surface area contributed by atoms with Crippen LogP contribution in [0.2, 0.25) is 0 Å². The number of carbonyl (C=O) groups is 1. The van der Waals surface area contributed by atoms with Crippen LogP contribution >= 0.6 is 0 Å². The van der Waals surface area contributed by atoms with Gasteiger partial charge in [0.05, 0.1) is 6.10 Å². The number of carbonyl (C=O) groups excluding carboxylic acids is 1. The van der Waals surface area contributed by atoms with Gasteiger partial charge in [-0.3, -0.25) is 4.79 Å². The number of hydrogen-bond acceptors (Lipinski definition) is 3. The summed E-state index contributed by atoms with van der Waals surface area (Å²) in [7, 11) is 0. The molecule has 1 N–H and O–H groups in total. The van der Waals surface area contributed by atoms with Crippen molar-refractivity contribution < 1.29 is 14.6 Å². The summed E-state index contributed by atoms with van der Waals surface area (Å²) in [6.07, 6.45) is 3.23. The molecule has 0 aromatic heterocycles. The van der Waals surface area contributed by atoms with E-state index in [-0.39, 0.29) is 29.5 Å². The highest BCUT2D eigenvalue weighted by molar-refractivity contribution is 5.66. The Hall–Kier alpha value is -0.830. The fraction of sp³-hybridized carbons (Fsp3) is 0.824. The molecule has 2 saturated carbocycles. The van der Waals surface area contributed by atoms with Crippen molar-refractivity contribution in [1.29, 1.82) is 0 Å². The van der Waals surface area contributed by atoms with Gasteiger partial charge in [-0.1, -0.05) is 32.9 Å². The van der Waals surface area contributed by atoms with Crippen LogP contribution in [0.25, 0.3) is 0 Å². The molecule has 2 fully saturated rings. The van der Waals surface area contributed by atoms with Crippen molar-refractivity contribution >= 4 is 5.97 Å². The van der Waals surface area contributed by atoms with Crippen LogP contribution in [-0.4, -0.2) is 23.3 Å². The molecule has 0 spiro atoms. The first-order valence-electron chi connectivity index (χ1n) is 7.80. The molecule has 114 valence electrons. The molecule has 0 aromatic rings. The molecule has 0 bridgehead atoms. The number of fused-ring (bicyclic) bond motifs is 1. The van der Waals surface area contributed by atoms with Gasteiger partial charge in [0.1, 0.15) is 6.10 Å². The van der Waals surface area contributed by atoms with Gasteiger partial charge >= 0.3 is 5.97 Å². The molecule has 0 saturated heterocycles. The fourth-order valence-electron chi connectivity index (χ4n) is 4.43. The summed E-state index contributed by atoms with van der Waals surface area (Å²) in [4.78, 5) is 11.4. The summed E-state index contributed by atoms with van der Waals surface area (Å²) >= 11 is 0. The zero-order chi connectivity index (χ0) is 15.1. The van der Waals surface area contributed by atoms with Gasteiger partial charge in [-0.25, -0.2) is 0 Å². The third-order valence-corrected chi connectivity index (χ3v) is 5.57. The van der Waals surface area contributed by atoms with E-state index in [1.165, 1.54) is 6.92 Å². The largest absolute Gasteiger partial charge is 0.462 e. The van der Waals surface area contributed by atoms with E-state index in [0.29, 0.717) is 11.8 Å². The Labute approximate surface area is 122 Å². The second-order valence-electron chi connectivity index (χ2n) is 7.22. The van der Waals surface area contributed by atoms with E-state index in [0.717, 1.165) is 31.3 Å². The van der Waals surface area contributed by atoms with Crippen molar-refractivity contribution in [2.75, 3.05) is 0 Å². The lowest BCUT2D eigenvalue weighted by Gasteiger charge is -2.55. The Balaban J connectivity index is 2.29. The summed E-state index contributed by atoms with van der Waals surface area (Å²) in [5.74, 6) is 0.627. The summed E-state index contributed by atoms with van der Waals surface area (Å²) < 4.78 is 5.56. The molecule has 3 nitrogen and oxygen atoms in total. The van der Waals surface area contributed by atoms with Crippen LogP contribution in [0.15, 0.2) is 12.2 Å². The lowest BCUT2D eigenvalue weighted by atomic mass is 9.53. The van der Waals surface area contributed by atoms with Gasteiger partial charge in [0, 0.05) is 18.3 Å². The number of rotatable bonds is 2. The molecule has 5 atom stereocenters. The van der Waals surface area contributed by atoms with E-state index in [9.17, 15) is 9.90 Å². The molecule has 20 heavy (non-hydrogen) atoms. The average Bonchev–Trinajstić information content (AvgIpc) is 2.32. The lowest BCUT2D eigenvalue weighted by molar-refractivity contribution is -0.170. The number of aliphatic hydroxyl groups is 1. The Bertz CT molecular complexity index is 401. The molecule has 2 rings (SSSR count). The normalized spacial score (nSPS) is 41.4. The van der Waals surface area contributed by atoms with Gasteiger partial charge in [-0.05, 0) is 37.5 Å². The van der Waals surface area contributed by atoms with Crippen LogP contribution in [-0.2, 0) is 9.53 Å². The zero-order valence-electron chi connectivity index (χ0n) is 13.2. The van der Waals surface area contributed by atoms with Crippen molar-refractivity contribution in [3.8, 4) is 0 Å². The van der Waals surface area contributed by atoms with Crippen LogP contribution < -0.4 is 0 Å². The topological polar surface area (TPSA) is 46.5 Å². The summed E-state index contributed by atoms with van der Waals surface area (Å²) in [5.41, 5.74) is 0.972. The van der Waals surface area contributed by atoms with Crippen molar-refractivity contribution in [3.05, 3.63) is 12.2 Å². The highest BCUT2D eigenvalue weighted by atomic mass is 16.5. The van der Waals surface area contributed by atoms with E-state index in [1.807, 2.05) is 0 Å². The Morgan fingerprint density at radius 3 is 2.65 bits per heavy atom. The fourth-order valence-corrected chi connectivity index (χ4v) is 4.43. The van der Waals surface area contributed by atoms with Crippen molar-refractivity contribution in [2.24, 2.45) is 23.2 Å². The van der Waals surface area contributed by atoms with Gasteiger partial charge in [0.15, 0.2) is 0 Å². The molecule has 0 aliphatic heterocycles. The second kappa shape index (κ2) is 5.51. The van der Waals surface area contributed by atoms with Crippen molar-refractivity contribution in [1.82, 2.24) is 0 Å². The minimum absolute atomic E-state index is 0.0572. The molecule has 2 aliphatic carbocycles. The molecule has 0 heterocycles. The zero-order valence-corrected chi connectivity index (χ0v) is 13.2. The second-order valence-corrected chi connectivity index (χ2v) is 7.22. The SMILES string of the molecule is C=C1CC[C@H](OC(C)=O)[C@@]2(C)CC[C@H](C(C)C)[C@@H](O)[C@H]12. The predicted molar refractivity (Wildman–Crippen MR) is 79.1 cm³/mol. The quantitative estimate of drug-likeness (QED) is 0.623. The van der Waals surface area contributed by atoms with Gasteiger partial charge in [0.2, 0.25) is 0 Å². The first-order valence-corrected chi connectivity index (χ1v) is 7.80. The standard InChI is InChI=1S/C17H28O3/c1-10(2)13-8-9-17(5)14(20-12(4)18)7-6-11(3)15(17)16(13)19/h10,13-16,19H,3,6-9H2,1-2,4-5H3/t13-,14+,15+,16-,17-/m1/s1. The third kappa shape index (κ3) is 2.52. The van der Waals surface area contributed by atoms with E-state index in [2.05, 4.69) is 27.4 Å². The predicted octanol–water partition coefficient (Wildman–Crippen LogP) is 3.32. The van der Waals surface area contributed by atoms with Gasteiger partial charge in [-0.15, -0.1) is 0 Å². The first kappa shape index (κ1) is 15.6. The van der Waals surface area contributed by atoms with Crippen LogP contribution in [0, 0.1) is 23.2 Å². The van der Waals surface area contributed by atoms with Crippen LogP contribution in [0.4, 0.5) is 0 Å². The molecule has 0 radical (unpaired) electrons. The minimum Gasteiger partial charge on any atom is -0.462 e. The number of esters is 1. The molecular formula is C17H28O3. The Kier molecular flexibility index (Phi) is 4.29. The molecule has 0 unspecified atom stereocenters. The average molecular weight is 280 g/mol. The number of aliphatic hydroxyl groups excluding tert-OH is 1. The monoisotopic (exact) mass is 280 g/mol. The van der Waals surface area contributed by atoms with Crippen LogP contribution in [0.5, 0.6) is 0 Å².